The first-order chi connectivity index (χ1) is 6.53. The molecule has 1 N–H and O–H groups in total. The first-order valence-corrected chi connectivity index (χ1v) is 5.44. The van der Waals surface area contributed by atoms with Gasteiger partial charge in [-0.2, -0.15) is 0 Å². The Morgan fingerprint density at radius 2 is 2.29 bits per heavy atom. The van der Waals surface area contributed by atoms with Crippen LogP contribution in [-0.4, -0.2) is 35.1 Å². The van der Waals surface area contributed by atoms with Crippen molar-refractivity contribution < 1.29 is 9.90 Å². The van der Waals surface area contributed by atoms with Crippen LogP contribution in [0.1, 0.15) is 33.1 Å². The van der Waals surface area contributed by atoms with Crippen LogP contribution in [0.5, 0.6) is 0 Å². The summed E-state index contributed by atoms with van der Waals surface area (Å²) in [5, 5.41) is 9.22. The van der Waals surface area contributed by atoms with Crippen LogP contribution in [0, 0.1) is 11.3 Å². The molecule has 2 atom stereocenters. The van der Waals surface area contributed by atoms with E-state index in [1.807, 2.05) is 4.90 Å². The molecule has 0 bridgehead atoms. The number of carbonyl (C=O) groups excluding carboxylic acids is 1. The largest absolute Gasteiger partial charge is 0.396 e. The SMILES string of the molecule is CC1(C)CC(=O)N2CCC(CO)C2C1. The molecule has 0 aromatic carbocycles. The number of hydrogen-bond donors (Lipinski definition) is 1. The molecule has 1 amide bonds. The fourth-order valence-electron chi connectivity index (χ4n) is 2.87. The van der Waals surface area contributed by atoms with Crippen LogP contribution in [0.2, 0.25) is 0 Å². The fourth-order valence-corrected chi connectivity index (χ4v) is 2.87. The molecular formula is C11H19NO2. The third kappa shape index (κ3) is 1.54. The third-order valence-corrected chi connectivity index (χ3v) is 3.63. The Kier molecular flexibility index (Phi) is 2.30. The average Bonchev–Trinajstić information content (AvgIpc) is 2.45. The van der Waals surface area contributed by atoms with Crippen LogP contribution in [0.25, 0.3) is 0 Å². The van der Waals surface area contributed by atoms with E-state index in [1.165, 1.54) is 0 Å². The third-order valence-electron chi connectivity index (χ3n) is 3.63. The van der Waals surface area contributed by atoms with Crippen molar-refractivity contribution >= 4 is 5.91 Å². The molecule has 2 rings (SSSR count). The molecule has 3 heteroatoms. The second kappa shape index (κ2) is 3.23. The molecule has 0 aromatic heterocycles. The number of amides is 1. The Morgan fingerprint density at radius 3 is 2.93 bits per heavy atom. The normalized spacial score (nSPS) is 35.9. The Morgan fingerprint density at radius 1 is 1.57 bits per heavy atom. The van der Waals surface area contributed by atoms with Gasteiger partial charge < -0.3 is 10.0 Å². The maximum absolute atomic E-state index is 11.8. The molecule has 3 nitrogen and oxygen atoms in total. The molecule has 0 aliphatic carbocycles. The number of rotatable bonds is 1. The first-order valence-electron chi connectivity index (χ1n) is 5.44. The van der Waals surface area contributed by atoms with Gasteiger partial charge in [0.05, 0.1) is 0 Å². The second-order valence-electron chi connectivity index (χ2n) is 5.43. The summed E-state index contributed by atoms with van der Waals surface area (Å²) in [4.78, 5) is 13.8. The lowest BCUT2D eigenvalue weighted by molar-refractivity contribution is -0.139. The van der Waals surface area contributed by atoms with Crippen molar-refractivity contribution in [2.75, 3.05) is 13.2 Å². The van der Waals surface area contributed by atoms with Crippen molar-refractivity contribution in [3.63, 3.8) is 0 Å². The molecule has 0 aromatic rings. The highest BCUT2D eigenvalue weighted by Crippen LogP contribution is 2.41. The molecule has 14 heavy (non-hydrogen) atoms. The van der Waals surface area contributed by atoms with Gasteiger partial charge >= 0.3 is 0 Å². The quantitative estimate of drug-likeness (QED) is 0.681. The summed E-state index contributed by atoms with van der Waals surface area (Å²) < 4.78 is 0. The van der Waals surface area contributed by atoms with Crippen molar-refractivity contribution in [1.29, 1.82) is 0 Å². The summed E-state index contributed by atoms with van der Waals surface area (Å²) in [7, 11) is 0. The minimum Gasteiger partial charge on any atom is -0.396 e. The van der Waals surface area contributed by atoms with Crippen LogP contribution in [0.4, 0.5) is 0 Å². The van der Waals surface area contributed by atoms with Crippen LogP contribution in [-0.2, 0) is 4.79 Å². The number of piperidine rings is 1. The van der Waals surface area contributed by atoms with E-state index in [2.05, 4.69) is 13.8 Å². The average molecular weight is 197 g/mol. The van der Waals surface area contributed by atoms with Gasteiger partial charge in [0.2, 0.25) is 5.91 Å². The molecule has 2 heterocycles. The summed E-state index contributed by atoms with van der Waals surface area (Å²) in [5.41, 5.74) is 0.121. The highest BCUT2D eigenvalue weighted by Gasteiger charge is 2.44. The zero-order valence-electron chi connectivity index (χ0n) is 8.99. The Hall–Kier alpha value is -0.570. The van der Waals surface area contributed by atoms with Crippen molar-refractivity contribution in [2.45, 2.75) is 39.2 Å². The standard InChI is InChI=1S/C11H19NO2/c1-11(2)5-9-8(7-13)3-4-12(9)10(14)6-11/h8-9,13H,3-7H2,1-2H3. The summed E-state index contributed by atoms with van der Waals surface area (Å²) in [6.07, 6.45) is 2.69. The highest BCUT2D eigenvalue weighted by molar-refractivity contribution is 5.78. The molecule has 2 saturated heterocycles. The molecule has 2 unspecified atom stereocenters. The van der Waals surface area contributed by atoms with Crippen molar-refractivity contribution in [1.82, 2.24) is 4.90 Å². The Labute approximate surface area is 85.1 Å². The molecule has 0 radical (unpaired) electrons. The van der Waals surface area contributed by atoms with Gasteiger partial charge in [-0.15, -0.1) is 0 Å². The fraction of sp³-hybridized carbons (Fsp3) is 0.909. The number of carbonyl (C=O) groups is 1. The van der Waals surface area contributed by atoms with E-state index in [9.17, 15) is 9.90 Å². The van der Waals surface area contributed by atoms with E-state index in [1.54, 1.807) is 0 Å². The Balaban J connectivity index is 2.17. The van der Waals surface area contributed by atoms with Crippen LogP contribution < -0.4 is 0 Å². The molecule has 2 fully saturated rings. The van der Waals surface area contributed by atoms with E-state index in [4.69, 9.17) is 0 Å². The van der Waals surface area contributed by atoms with E-state index in [-0.39, 0.29) is 17.9 Å². The number of fused-ring (bicyclic) bond motifs is 1. The molecule has 0 spiro atoms. The van der Waals surface area contributed by atoms with Gasteiger partial charge in [0.15, 0.2) is 0 Å². The zero-order valence-corrected chi connectivity index (χ0v) is 8.99. The molecule has 0 saturated carbocycles. The summed E-state index contributed by atoms with van der Waals surface area (Å²) in [6.45, 7) is 5.37. The van der Waals surface area contributed by atoms with Gasteiger partial charge in [-0.25, -0.2) is 0 Å². The monoisotopic (exact) mass is 197 g/mol. The number of aliphatic hydroxyl groups excluding tert-OH is 1. The van der Waals surface area contributed by atoms with Crippen LogP contribution in [0.3, 0.4) is 0 Å². The van der Waals surface area contributed by atoms with Crippen LogP contribution in [0.15, 0.2) is 0 Å². The summed E-state index contributed by atoms with van der Waals surface area (Å²) >= 11 is 0. The summed E-state index contributed by atoms with van der Waals surface area (Å²) in [5.74, 6) is 0.598. The Bertz CT molecular complexity index is 250. The van der Waals surface area contributed by atoms with Gasteiger partial charge in [0.25, 0.3) is 0 Å². The maximum atomic E-state index is 11.8. The predicted molar refractivity (Wildman–Crippen MR) is 53.7 cm³/mol. The number of hydrogen-bond acceptors (Lipinski definition) is 2. The summed E-state index contributed by atoms with van der Waals surface area (Å²) in [6, 6.07) is 0.302. The molecular weight excluding hydrogens is 178 g/mol. The van der Waals surface area contributed by atoms with Gasteiger partial charge in [0, 0.05) is 31.5 Å². The number of nitrogens with zero attached hydrogens (tertiary/aromatic N) is 1. The van der Waals surface area contributed by atoms with Crippen molar-refractivity contribution in [3.8, 4) is 0 Å². The van der Waals surface area contributed by atoms with E-state index < -0.39 is 0 Å². The van der Waals surface area contributed by atoms with E-state index in [0.717, 1.165) is 19.4 Å². The minimum atomic E-state index is 0.121. The molecule has 80 valence electrons. The molecule has 2 aliphatic rings. The smallest absolute Gasteiger partial charge is 0.223 e. The van der Waals surface area contributed by atoms with Crippen molar-refractivity contribution in [2.24, 2.45) is 11.3 Å². The predicted octanol–water partition coefficient (Wildman–Crippen LogP) is 1.02. The second-order valence-corrected chi connectivity index (χ2v) is 5.43. The number of aliphatic hydroxyl groups is 1. The van der Waals surface area contributed by atoms with Crippen molar-refractivity contribution in [3.05, 3.63) is 0 Å². The van der Waals surface area contributed by atoms with E-state index >= 15 is 0 Å². The van der Waals surface area contributed by atoms with Gasteiger partial charge in [0.1, 0.15) is 0 Å². The highest BCUT2D eigenvalue weighted by atomic mass is 16.3. The van der Waals surface area contributed by atoms with Gasteiger partial charge in [-0.05, 0) is 18.3 Å². The minimum absolute atomic E-state index is 0.121. The maximum Gasteiger partial charge on any atom is 0.223 e. The molecule has 2 aliphatic heterocycles. The van der Waals surface area contributed by atoms with Crippen LogP contribution >= 0.6 is 0 Å². The lowest BCUT2D eigenvalue weighted by atomic mass is 9.76. The van der Waals surface area contributed by atoms with Gasteiger partial charge in [-0.3, -0.25) is 4.79 Å². The topological polar surface area (TPSA) is 40.5 Å². The van der Waals surface area contributed by atoms with E-state index in [0.29, 0.717) is 18.4 Å². The first kappa shape index (κ1) is 9.97. The lowest BCUT2D eigenvalue weighted by Gasteiger charge is -2.41. The zero-order chi connectivity index (χ0) is 10.3. The van der Waals surface area contributed by atoms with Gasteiger partial charge in [-0.1, -0.05) is 13.8 Å². The lowest BCUT2D eigenvalue weighted by Crippen LogP contribution is -2.47.